The van der Waals surface area contributed by atoms with Crippen LogP contribution >= 0.6 is 0 Å². The fraction of sp³-hybridized carbons (Fsp3) is 0.304. The Balaban J connectivity index is 1.93. The van der Waals surface area contributed by atoms with E-state index in [1.807, 2.05) is 37.3 Å². The number of amides is 1. The van der Waals surface area contributed by atoms with Crippen LogP contribution < -0.4 is 10.1 Å². The summed E-state index contributed by atoms with van der Waals surface area (Å²) < 4.78 is 23.7. The lowest BCUT2D eigenvalue weighted by Crippen LogP contribution is -2.38. The van der Waals surface area contributed by atoms with Crippen LogP contribution in [0.3, 0.4) is 0 Å². The molecule has 0 saturated heterocycles. The number of methoxy groups -OCH3 is 1. The molecule has 0 fully saturated rings. The first-order chi connectivity index (χ1) is 13.9. The van der Waals surface area contributed by atoms with E-state index in [-0.39, 0.29) is 17.7 Å². The first-order valence-electron chi connectivity index (χ1n) is 9.52. The maximum atomic E-state index is 13.7. The van der Waals surface area contributed by atoms with Crippen molar-refractivity contribution in [2.45, 2.75) is 38.8 Å². The number of halogens is 1. The Labute approximate surface area is 170 Å². The van der Waals surface area contributed by atoms with Crippen molar-refractivity contribution < 1.29 is 23.5 Å². The number of rotatable bonds is 9. The first kappa shape index (κ1) is 22.1. The van der Waals surface area contributed by atoms with Crippen LogP contribution in [0.15, 0.2) is 54.6 Å². The van der Waals surface area contributed by atoms with Crippen LogP contribution in [0.4, 0.5) is 4.39 Å². The highest BCUT2D eigenvalue weighted by Crippen LogP contribution is 2.19. The molecule has 0 aliphatic rings. The van der Waals surface area contributed by atoms with Crippen molar-refractivity contribution in [2.24, 2.45) is 0 Å². The third-order valence-electron chi connectivity index (χ3n) is 4.35. The molecule has 0 aliphatic heterocycles. The highest BCUT2D eigenvalue weighted by atomic mass is 19.1. The van der Waals surface area contributed by atoms with Gasteiger partial charge in [0.05, 0.1) is 13.2 Å². The van der Waals surface area contributed by atoms with Gasteiger partial charge in [-0.2, -0.15) is 0 Å². The molecule has 0 aromatic heterocycles. The van der Waals surface area contributed by atoms with Gasteiger partial charge in [-0.3, -0.25) is 4.79 Å². The van der Waals surface area contributed by atoms with Crippen LogP contribution in [0.1, 0.15) is 43.9 Å². The molecule has 0 bridgehead atoms. The summed E-state index contributed by atoms with van der Waals surface area (Å²) in [7, 11) is 1.38. The minimum Gasteiger partial charge on any atom is -0.494 e. The van der Waals surface area contributed by atoms with Crippen LogP contribution in [0.5, 0.6) is 5.75 Å². The number of esters is 1. The second-order valence-electron chi connectivity index (χ2n) is 6.57. The molecule has 0 saturated carbocycles. The quantitative estimate of drug-likeness (QED) is 0.500. The van der Waals surface area contributed by atoms with Crippen molar-refractivity contribution in [3.05, 3.63) is 71.6 Å². The van der Waals surface area contributed by atoms with Gasteiger partial charge in [-0.05, 0) is 42.7 Å². The van der Waals surface area contributed by atoms with Gasteiger partial charge in [0.25, 0.3) is 5.91 Å². The SMILES string of the molecule is CCC[C@H](NC(=O)[C@H](C)OC(=O)/C=C/c1ccc(OC)c(F)c1)c1ccccc1. The van der Waals surface area contributed by atoms with Gasteiger partial charge in [0, 0.05) is 6.08 Å². The molecule has 154 valence electrons. The Hall–Kier alpha value is -3.15. The monoisotopic (exact) mass is 399 g/mol. The Morgan fingerprint density at radius 2 is 1.90 bits per heavy atom. The second kappa shape index (κ2) is 11.0. The van der Waals surface area contributed by atoms with Crippen LogP contribution in [0.25, 0.3) is 6.08 Å². The van der Waals surface area contributed by atoms with Crippen molar-refractivity contribution in [1.29, 1.82) is 0 Å². The van der Waals surface area contributed by atoms with Gasteiger partial charge >= 0.3 is 5.97 Å². The molecule has 2 atom stereocenters. The third-order valence-corrected chi connectivity index (χ3v) is 4.35. The predicted octanol–water partition coefficient (Wildman–Crippen LogP) is 4.44. The van der Waals surface area contributed by atoms with Crippen LogP contribution in [-0.2, 0) is 14.3 Å². The summed E-state index contributed by atoms with van der Waals surface area (Å²) in [5, 5.41) is 2.93. The van der Waals surface area contributed by atoms with Gasteiger partial charge < -0.3 is 14.8 Å². The molecule has 0 radical (unpaired) electrons. The molecule has 2 rings (SSSR count). The highest BCUT2D eigenvalue weighted by molar-refractivity contribution is 5.90. The predicted molar refractivity (Wildman–Crippen MR) is 110 cm³/mol. The van der Waals surface area contributed by atoms with Gasteiger partial charge in [0.15, 0.2) is 17.7 Å². The number of hydrogen-bond donors (Lipinski definition) is 1. The normalized spacial score (nSPS) is 13.0. The van der Waals surface area contributed by atoms with E-state index < -0.39 is 17.9 Å². The molecule has 1 amide bonds. The number of nitrogens with one attached hydrogen (secondary N) is 1. The van der Waals surface area contributed by atoms with E-state index in [9.17, 15) is 14.0 Å². The average molecular weight is 399 g/mol. The minimum absolute atomic E-state index is 0.120. The van der Waals surface area contributed by atoms with Gasteiger partial charge in [-0.15, -0.1) is 0 Å². The molecular formula is C23H26FNO4. The van der Waals surface area contributed by atoms with E-state index in [1.165, 1.54) is 32.2 Å². The molecule has 0 spiro atoms. The lowest BCUT2D eigenvalue weighted by atomic mass is 10.0. The molecule has 0 unspecified atom stereocenters. The Kier molecular flexibility index (Phi) is 8.40. The van der Waals surface area contributed by atoms with Crippen molar-refractivity contribution >= 4 is 18.0 Å². The fourth-order valence-corrected chi connectivity index (χ4v) is 2.80. The topological polar surface area (TPSA) is 64.6 Å². The van der Waals surface area contributed by atoms with Crippen LogP contribution in [0, 0.1) is 5.82 Å². The van der Waals surface area contributed by atoms with E-state index in [0.717, 1.165) is 24.5 Å². The molecule has 0 heterocycles. The largest absolute Gasteiger partial charge is 0.494 e. The number of carbonyl (C=O) groups excluding carboxylic acids is 2. The molecule has 1 N–H and O–H groups in total. The van der Waals surface area contributed by atoms with Crippen molar-refractivity contribution in [1.82, 2.24) is 5.32 Å². The Morgan fingerprint density at radius 1 is 1.17 bits per heavy atom. The average Bonchev–Trinajstić information content (AvgIpc) is 2.72. The summed E-state index contributed by atoms with van der Waals surface area (Å²) in [6.45, 7) is 3.56. The zero-order valence-electron chi connectivity index (χ0n) is 16.9. The number of ether oxygens (including phenoxy) is 2. The molecule has 0 aliphatic carbocycles. The van der Waals surface area contributed by atoms with Crippen LogP contribution in [-0.4, -0.2) is 25.1 Å². The fourth-order valence-electron chi connectivity index (χ4n) is 2.80. The zero-order valence-corrected chi connectivity index (χ0v) is 16.9. The molecule has 5 nitrogen and oxygen atoms in total. The third kappa shape index (κ3) is 6.75. The summed E-state index contributed by atoms with van der Waals surface area (Å²) >= 11 is 0. The second-order valence-corrected chi connectivity index (χ2v) is 6.57. The highest BCUT2D eigenvalue weighted by Gasteiger charge is 2.20. The zero-order chi connectivity index (χ0) is 21.2. The van der Waals surface area contributed by atoms with Crippen molar-refractivity contribution in [2.75, 3.05) is 7.11 Å². The van der Waals surface area contributed by atoms with Gasteiger partial charge in [-0.25, -0.2) is 9.18 Å². The van der Waals surface area contributed by atoms with E-state index in [1.54, 1.807) is 6.07 Å². The first-order valence-corrected chi connectivity index (χ1v) is 9.52. The number of carbonyl (C=O) groups is 2. The lowest BCUT2D eigenvalue weighted by Gasteiger charge is -2.21. The minimum atomic E-state index is -0.956. The Morgan fingerprint density at radius 3 is 2.52 bits per heavy atom. The molecule has 6 heteroatoms. The van der Waals surface area contributed by atoms with E-state index in [4.69, 9.17) is 9.47 Å². The van der Waals surface area contributed by atoms with Crippen molar-refractivity contribution in [3.63, 3.8) is 0 Å². The van der Waals surface area contributed by atoms with Gasteiger partial charge in [0.1, 0.15) is 0 Å². The molecule has 2 aromatic rings. The smallest absolute Gasteiger partial charge is 0.331 e. The molecular weight excluding hydrogens is 373 g/mol. The van der Waals surface area contributed by atoms with Gasteiger partial charge in [0.2, 0.25) is 0 Å². The Bertz CT molecular complexity index is 851. The summed E-state index contributed by atoms with van der Waals surface area (Å²) in [4.78, 5) is 24.5. The maximum Gasteiger partial charge on any atom is 0.331 e. The molecule has 2 aromatic carbocycles. The lowest BCUT2D eigenvalue weighted by molar-refractivity contribution is -0.150. The van der Waals surface area contributed by atoms with Gasteiger partial charge in [-0.1, -0.05) is 49.7 Å². The van der Waals surface area contributed by atoms with E-state index in [2.05, 4.69) is 5.32 Å². The van der Waals surface area contributed by atoms with Crippen molar-refractivity contribution in [3.8, 4) is 5.75 Å². The maximum absolute atomic E-state index is 13.7. The summed E-state index contributed by atoms with van der Waals surface area (Å²) in [6.07, 6.45) is 3.29. The van der Waals surface area contributed by atoms with E-state index in [0.29, 0.717) is 5.56 Å². The van der Waals surface area contributed by atoms with E-state index >= 15 is 0 Å². The summed E-state index contributed by atoms with van der Waals surface area (Å²) in [5.41, 5.74) is 1.48. The number of benzene rings is 2. The summed E-state index contributed by atoms with van der Waals surface area (Å²) in [6, 6.07) is 13.8. The summed E-state index contributed by atoms with van der Waals surface area (Å²) in [5.74, 6) is -1.46. The van der Waals surface area contributed by atoms with Crippen LogP contribution in [0.2, 0.25) is 0 Å². The molecule has 29 heavy (non-hydrogen) atoms. The number of hydrogen-bond acceptors (Lipinski definition) is 4. The standard InChI is InChI=1S/C23H26FNO4/c1-4-8-20(18-9-6-5-7-10-18)25-23(27)16(2)29-22(26)14-12-17-11-13-21(28-3)19(24)15-17/h5-7,9-16,20H,4,8H2,1-3H3,(H,25,27)/b14-12+/t16-,20-/m0/s1.